The first-order chi connectivity index (χ1) is 29.4. The smallest absolute Gasteiger partial charge is 0.310 e. The van der Waals surface area contributed by atoms with E-state index in [1.807, 2.05) is 19.9 Å². The molecule has 0 N–H and O–H groups in total. The third-order valence-electron chi connectivity index (χ3n) is 11.2. The van der Waals surface area contributed by atoms with Crippen LogP contribution in [-0.4, -0.2) is 9.13 Å². The third-order valence-corrected chi connectivity index (χ3v) is 11.2. The van der Waals surface area contributed by atoms with E-state index in [0.29, 0.717) is 49.7 Å². The Morgan fingerprint density at radius 2 is 1.02 bits per heavy atom. The summed E-state index contributed by atoms with van der Waals surface area (Å²) >= 11 is 0. The number of aromatic nitrogens is 2. The van der Waals surface area contributed by atoms with Crippen molar-refractivity contribution in [2.24, 2.45) is 0 Å². The standard InChI is InChI=1S/C49H27F9N4/c1-26-7-14-40-34(19-26)35-22-30(47(50,51)52)10-16-41(35)61(40)44-15-9-29(33-13-8-28(25-59)20-27(33)2)21-38(44)46-39(60-3)5-4-6-45(46)62-42-17-11-31(48(53,54)55)23-36(42)37-24-32(49(56,57)58)12-18-43(37)62/h4-24H,1-2H3. The molecular formula is C49H27F9N4. The highest BCUT2D eigenvalue weighted by Crippen LogP contribution is 2.48. The zero-order valence-corrected chi connectivity index (χ0v) is 32.3. The molecule has 0 saturated carbocycles. The van der Waals surface area contributed by atoms with Gasteiger partial charge in [0.2, 0.25) is 0 Å². The number of nitriles is 1. The van der Waals surface area contributed by atoms with Crippen LogP contribution in [0.1, 0.15) is 33.4 Å². The van der Waals surface area contributed by atoms with Gasteiger partial charge < -0.3 is 9.13 Å². The number of benzene rings is 7. The van der Waals surface area contributed by atoms with Gasteiger partial charge in [-0.15, -0.1) is 0 Å². The summed E-state index contributed by atoms with van der Waals surface area (Å²) in [6, 6.07) is 31.8. The van der Waals surface area contributed by atoms with Crippen molar-refractivity contribution >= 4 is 49.3 Å². The van der Waals surface area contributed by atoms with Crippen molar-refractivity contribution in [3.8, 4) is 39.7 Å². The maximum Gasteiger partial charge on any atom is 0.416 e. The van der Waals surface area contributed by atoms with E-state index >= 15 is 0 Å². The summed E-state index contributed by atoms with van der Waals surface area (Å²) in [7, 11) is 0. The van der Waals surface area contributed by atoms with Gasteiger partial charge in [-0.3, -0.25) is 0 Å². The maximum atomic E-state index is 14.2. The molecule has 7 aromatic carbocycles. The second-order valence-electron chi connectivity index (χ2n) is 15.0. The van der Waals surface area contributed by atoms with Gasteiger partial charge in [-0.1, -0.05) is 35.9 Å². The molecule has 0 saturated heterocycles. The molecule has 0 bridgehead atoms. The molecule has 0 aliphatic rings. The van der Waals surface area contributed by atoms with Crippen LogP contribution >= 0.6 is 0 Å². The summed E-state index contributed by atoms with van der Waals surface area (Å²) in [4.78, 5) is 3.88. The third kappa shape index (κ3) is 6.48. The molecule has 4 nitrogen and oxygen atoms in total. The van der Waals surface area contributed by atoms with Crippen LogP contribution in [0.5, 0.6) is 0 Å². The molecule has 9 aromatic rings. The summed E-state index contributed by atoms with van der Waals surface area (Å²) in [5, 5.41) is 10.2. The van der Waals surface area contributed by atoms with Gasteiger partial charge in [0.25, 0.3) is 0 Å². The zero-order valence-electron chi connectivity index (χ0n) is 32.3. The molecule has 62 heavy (non-hydrogen) atoms. The van der Waals surface area contributed by atoms with Crippen molar-refractivity contribution in [1.82, 2.24) is 9.13 Å². The normalized spacial score (nSPS) is 12.4. The van der Waals surface area contributed by atoms with Crippen LogP contribution in [0.3, 0.4) is 0 Å². The van der Waals surface area contributed by atoms with Crippen LogP contribution in [0.15, 0.2) is 127 Å². The Balaban J connectivity index is 1.43. The van der Waals surface area contributed by atoms with E-state index in [-0.39, 0.29) is 38.7 Å². The monoisotopic (exact) mass is 842 g/mol. The Morgan fingerprint density at radius 1 is 0.516 bits per heavy atom. The maximum absolute atomic E-state index is 14.2. The molecular weight excluding hydrogens is 816 g/mol. The first kappa shape index (κ1) is 39.9. The molecule has 0 spiro atoms. The van der Waals surface area contributed by atoms with E-state index in [1.165, 1.54) is 28.8 Å². The topological polar surface area (TPSA) is 38.0 Å². The Morgan fingerprint density at radius 3 is 1.50 bits per heavy atom. The fourth-order valence-electron chi connectivity index (χ4n) is 8.45. The SMILES string of the molecule is [C-]#[N+]c1cccc(-n2c3ccc(C(F)(F)F)cc3c3cc(C(F)(F)F)ccc32)c1-c1cc(-c2ccc(C#N)cc2C)ccc1-n1c2ccc(C)cc2c2cc(C(F)(F)F)ccc21. The summed E-state index contributed by atoms with van der Waals surface area (Å²) < 4.78 is 131. The number of halogens is 9. The fourth-order valence-corrected chi connectivity index (χ4v) is 8.45. The minimum absolute atomic E-state index is 0.0715. The average Bonchev–Trinajstić information content (AvgIpc) is 3.73. The summed E-state index contributed by atoms with van der Waals surface area (Å²) in [6.45, 7) is 12.0. The van der Waals surface area contributed by atoms with Crippen LogP contribution in [0.4, 0.5) is 45.2 Å². The molecule has 0 fully saturated rings. The number of hydrogen-bond donors (Lipinski definition) is 0. The molecule has 0 amide bonds. The zero-order chi connectivity index (χ0) is 44.0. The highest BCUT2D eigenvalue weighted by molar-refractivity contribution is 6.12. The van der Waals surface area contributed by atoms with E-state index < -0.39 is 35.2 Å². The van der Waals surface area contributed by atoms with Gasteiger partial charge in [-0.05, 0) is 133 Å². The highest BCUT2D eigenvalue weighted by atomic mass is 19.4. The van der Waals surface area contributed by atoms with Crippen LogP contribution in [-0.2, 0) is 18.5 Å². The first-order valence-electron chi connectivity index (χ1n) is 18.9. The van der Waals surface area contributed by atoms with Gasteiger partial charge in [0, 0.05) is 32.8 Å². The van der Waals surface area contributed by atoms with Crippen molar-refractivity contribution in [2.75, 3.05) is 0 Å². The largest absolute Gasteiger partial charge is 0.416 e. The lowest BCUT2D eigenvalue weighted by molar-refractivity contribution is -0.138. The van der Waals surface area contributed by atoms with Crippen LogP contribution in [0.2, 0.25) is 0 Å². The Kier molecular flexibility index (Phi) is 9.03. The van der Waals surface area contributed by atoms with Gasteiger partial charge >= 0.3 is 18.5 Å². The van der Waals surface area contributed by atoms with Crippen molar-refractivity contribution in [3.05, 3.63) is 172 Å². The van der Waals surface area contributed by atoms with E-state index in [2.05, 4.69) is 10.9 Å². The minimum atomic E-state index is -4.82. The molecule has 0 unspecified atom stereocenters. The molecule has 13 heteroatoms. The predicted molar refractivity (Wildman–Crippen MR) is 221 cm³/mol. The number of nitrogens with zero attached hydrogens (tertiary/aromatic N) is 4. The average molecular weight is 843 g/mol. The molecule has 2 heterocycles. The Hall–Kier alpha value is -7.51. The van der Waals surface area contributed by atoms with E-state index in [1.54, 1.807) is 65.2 Å². The van der Waals surface area contributed by atoms with E-state index in [0.717, 1.165) is 47.5 Å². The molecule has 0 aliphatic heterocycles. The van der Waals surface area contributed by atoms with Crippen LogP contribution in [0, 0.1) is 31.8 Å². The quantitative estimate of drug-likeness (QED) is 0.128. The van der Waals surface area contributed by atoms with Gasteiger partial charge in [-0.2, -0.15) is 44.8 Å². The molecule has 0 aliphatic carbocycles. The Bertz CT molecular complexity index is 3350. The summed E-state index contributed by atoms with van der Waals surface area (Å²) in [5.41, 5.74) is 2.82. The number of fused-ring (bicyclic) bond motifs is 6. The molecule has 0 atom stereocenters. The molecule has 9 rings (SSSR count). The summed E-state index contributed by atoms with van der Waals surface area (Å²) in [5.74, 6) is 0. The molecule has 2 aromatic heterocycles. The number of aryl methyl sites for hydroxylation is 2. The number of rotatable bonds is 4. The predicted octanol–water partition coefficient (Wildman–Crippen LogP) is 15.3. The molecule has 0 radical (unpaired) electrons. The first-order valence-corrected chi connectivity index (χ1v) is 18.9. The lowest BCUT2D eigenvalue weighted by Crippen LogP contribution is -2.05. The van der Waals surface area contributed by atoms with Crippen molar-refractivity contribution in [1.29, 1.82) is 5.26 Å². The van der Waals surface area contributed by atoms with Gasteiger partial charge in [0.15, 0.2) is 5.69 Å². The van der Waals surface area contributed by atoms with E-state index in [4.69, 9.17) is 6.57 Å². The lowest BCUT2D eigenvalue weighted by atomic mass is 9.92. The van der Waals surface area contributed by atoms with Crippen molar-refractivity contribution < 1.29 is 39.5 Å². The van der Waals surface area contributed by atoms with Crippen molar-refractivity contribution in [3.63, 3.8) is 0 Å². The minimum Gasteiger partial charge on any atom is -0.310 e. The second kappa shape index (κ2) is 14.0. The fraction of sp³-hybridized carbons (Fsp3) is 0.102. The summed E-state index contributed by atoms with van der Waals surface area (Å²) in [6.07, 6.45) is -14.3. The highest BCUT2D eigenvalue weighted by Gasteiger charge is 2.35. The lowest BCUT2D eigenvalue weighted by Gasteiger charge is -2.21. The van der Waals surface area contributed by atoms with Gasteiger partial charge in [0.1, 0.15) is 0 Å². The van der Waals surface area contributed by atoms with Crippen LogP contribution in [0.25, 0.3) is 82.1 Å². The number of alkyl halides is 9. The van der Waals surface area contributed by atoms with Crippen molar-refractivity contribution in [2.45, 2.75) is 32.4 Å². The van der Waals surface area contributed by atoms with Gasteiger partial charge in [-0.25, -0.2) is 4.85 Å². The van der Waals surface area contributed by atoms with Crippen LogP contribution < -0.4 is 0 Å². The number of hydrogen-bond acceptors (Lipinski definition) is 1. The second-order valence-corrected chi connectivity index (χ2v) is 15.0. The Labute approximate surface area is 346 Å². The van der Waals surface area contributed by atoms with E-state index in [9.17, 15) is 44.8 Å². The molecule has 306 valence electrons. The van der Waals surface area contributed by atoms with Gasteiger partial charge in [0.05, 0.1) is 62.6 Å².